The molecule has 1 aliphatic rings. The van der Waals surface area contributed by atoms with Crippen LogP contribution in [-0.2, 0) is 11.7 Å². The van der Waals surface area contributed by atoms with Gasteiger partial charge in [0.15, 0.2) is 11.5 Å². The van der Waals surface area contributed by atoms with Crippen LogP contribution >= 0.6 is 0 Å². The zero-order valence-electron chi connectivity index (χ0n) is 10.7. The first-order valence-electron chi connectivity index (χ1n) is 6.22. The number of fused-ring (bicyclic) bond motifs is 1. The number of hydrogen-bond donors (Lipinski definition) is 2. The van der Waals surface area contributed by atoms with Crippen LogP contribution < -0.4 is 5.73 Å². The van der Waals surface area contributed by atoms with E-state index < -0.39 is 23.2 Å². The number of nitrogens with zero attached hydrogens (tertiary/aromatic N) is 2. The fourth-order valence-electron chi connectivity index (χ4n) is 2.68. The van der Waals surface area contributed by atoms with Crippen LogP contribution in [0.2, 0.25) is 0 Å². The van der Waals surface area contributed by atoms with E-state index in [1.165, 1.54) is 12.4 Å². The molecule has 0 spiro atoms. The van der Waals surface area contributed by atoms with Crippen molar-refractivity contribution in [2.24, 2.45) is 5.73 Å². The Bertz CT molecular complexity index is 695. The van der Waals surface area contributed by atoms with Crippen molar-refractivity contribution in [2.75, 3.05) is 0 Å². The zero-order valence-corrected chi connectivity index (χ0v) is 10.7. The van der Waals surface area contributed by atoms with Gasteiger partial charge in [-0.05, 0) is 24.1 Å². The molecule has 1 unspecified atom stereocenters. The number of nitrogens with two attached hydrogens (primary N) is 1. The third-order valence-corrected chi connectivity index (χ3v) is 3.70. The Morgan fingerprint density at radius 2 is 1.95 bits per heavy atom. The number of nitrogens with one attached hydrogen (secondary N) is 1. The number of pyridine rings is 1. The van der Waals surface area contributed by atoms with Crippen molar-refractivity contribution >= 4 is 5.78 Å². The number of aromatic nitrogens is 3. The first-order chi connectivity index (χ1) is 9.84. The maximum absolute atomic E-state index is 13.1. The lowest BCUT2D eigenvalue weighted by Gasteiger charge is -2.34. The number of rotatable bonds is 1. The minimum absolute atomic E-state index is 0.0608. The van der Waals surface area contributed by atoms with Gasteiger partial charge in [0.2, 0.25) is 0 Å². The molecule has 110 valence electrons. The molecule has 2 heterocycles. The van der Waals surface area contributed by atoms with Gasteiger partial charge in [0, 0.05) is 24.4 Å². The standard InChI is InChI=1S/C13H11F3N4O/c14-13(15,16)11-9-10(19-20-11)8(21)1-4-12(9,17)7-2-5-18-6-3-7/h2-3,5-6H,1,4,17H2,(H,19,20). The average Bonchev–Trinajstić information content (AvgIpc) is 2.91. The number of H-pyrrole nitrogens is 1. The van der Waals surface area contributed by atoms with E-state index in [0.717, 1.165) is 0 Å². The van der Waals surface area contributed by atoms with Gasteiger partial charge in [-0.15, -0.1) is 0 Å². The van der Waals surface area contributed by atoms with Gasteiger partial charge in [-0.1, -0.05) is 0 Å². The summed E-state index contributed by atoms with van der Waals surface area (Å²) in [4.78, 5) is 15.7. The molecular formula is C13H11F3N4O. The highest BCUT2D eigenvalue weighted by Crippen LogP contribution is 2.44. The summed E-state index contributed by atoms with van der Waals surface area (Å²) < 4.78 is 39.4. The van der Waals surface area contributed by atoms with Crippen LogP contribution in [0.15, 0.2) is 24.5 Å². The molecule has 8 heteroatoms. The second-order valence-electron chi connectivity index (χ2n) is 4.95. The van der Waals surface area contributed by atoms with Crippen LogP contribution in [0, 0.1) is 0 Å². The summed E-state index contributed by atoms with van der Waals surface area (Å²) in [5.41, 5.74) is 3.74. The van der Waals surface area contributed by atoms with Crippen molar-refractivity contribution in [3.05, 3.63) is 47.0 Å². The molecule has 21 heavy (non-hydrogen) atoms. The molecule has 3 rings (SSSR count). The van der Waals surface area contributed by atoms with Gasteiger partial charge in [0.1, 0.15) is 5.69 Å². The fraction of sp³-hybridized carbons (Fsp3) is 0.308. The minimum Gasteiger partial charge on any atom is -0.318 e. The molecule has 1 aliphatic carbocycles. The predicted molar refractivity (Wildman–Crippen MR) is 66.4 cm³/mol. The molecule has 0 saturated carbocycles. The number of aromatic amines is 1. The summed E-state index contributed by atoms with van der Waals surface area (Å²) in [7, 11) is 0. The Labute approximate surface area is 117 Å². The molecule has 0 radical (unpaired) electrons. The smallest absolute Gasteiger partial charge is 0.318 e. The molecule has 5 nitrogen and oxygen atoms in total. The van der Waals surface area contributed by atoms with E-state index in [9.17, 15) is 18.0 Å². The lowest BCUT2D eigenvalue weighted by Crippen LogP contribution is -2.43. The van der Waals surface area contributed by atoms with Crippen LogP contribution in [0.4, 0.5) is 13.2 Å². The molecule has 0 amide bonds. The normalized spacial score (nSPS) is 22.2. The van der Waals surface area contributed by atoms with Crippen LogP contribution in [0.5, 0.6) is 0 Å². The minimum atomic E-state index is -4.68. The number of hydrogen-bond acceptors (Lipinski definition) is 4. The number of carbonyl (C=O) groups excluding carboxylic acids is 1. The Morgan fingerprint density at radius 1 is 1.29 bits per heavy atom. The lowest BCUT2D eigenvalue weighted by molar-refractivity contribution is -0.142. The van der Waals surface area contributed by atoms with Gasteiger partial charge in [-0.25, -0.2) is 0 Å². The van der Waals surface area contributed by atoms with Gasteiger partial charge in [0.05, 0.1) is 5.54 Å². The second kappa shape index (κ2) is 4.39. The maximum Gasteiger partial charge on any atom is 0.435 e. The van der Waals surface area contributed by atoms with Gasteiger partial charge >= 0.3 is 6.18 Å². The number of alkyl halides is 3. The highest BCUT2D eigenvalue weighted by atomic mass is 19.4. The molecule has 1 atom stereocenters. The molecule has 2 aromatic rings. The third kappa shape index (κ3) is 2.02. The van der Waals surface area contributed by atoms with E-state index >= 15 is 0 Å². The van der Waals surface area contributed by atoms with Crippen molar-refractivity contribution in [3.63, 3.8) is 0 Å². The molecule has 0 aromatic carbocycles. The quantitative estimate of drug-likeness (QED) is 0.843. The number of Topliss-reactive ketones (excluding diaryl/α,β-unsaturated/α-hetero) is 1. The van der Waals surface area contributed by atoms with Crippen molar-refractivity contribution in [1.82, 2.24) is 15.2 Å². The Balaban J connectivity index is 2.27. The molecule has 2 aromatic heterocycles. The van der Waals surface area contributed by atoms with E-state index in [4.69, 9.17) is 5.73 Å². The molecule has 3 N–H and O–H groups in total. The predicted octanol–water partition coefficient (Wildman–Crippen LogP) is 2.00. The maximum atomic E-state index is 13.1. The summed E-state index contributed by atoms with van der Waals surface area (Å²) in [6.45, 7) is 0. The van der Waals surface area contributed by atoms with E-state index in [0.29, 0.717) is 5.56 Å². The first-order valence-corrected chi connectivity index (χ1v) is 6.22. The monoisotopic (exact) mass is 296 g/mol. The fourth-order valence-corrected chi connectivity index (χ4v) is 2.68. The van der Waals surface area contributed by atoms with Crippen molar-refractivity contribution in [2.45, 2.75) is 24.6 Å². The van der Waals surface area contributed by atoms with Crippen LogP contribution in [0.1, 0.15) is 40.2 Å². The molecule has 0 aliphatic heterocycles. The Kier molecular flexibility index (Phi) is 2.87. The topological polar surface area (TPSA) is 84.7 Å². The summed E-state index contributed by atoms with van der Waals surface area (Å²) in [5, 5.41) is 5.47. The Hall–Kier alpha value is -2.22. The van der Waals surface area contributed by atoms with Crippen LogP contribution in [0.3, 0.4) is 0 Å². The largest absolute Gasteiger partial charge is 0.435 e. The van der Waals surface area contributed by atoms with Crippen molar-refractivity contribution in [3.8, 4) is 0 Å². The van der Waals surface area contributed by atoms with E-state index in [1.807, 2.05) is 0 Å². The lowest BCUT2D eigenvalue weighted by atomic mass is 9.74. The SMILES string of the molecule is NC1(c2ccncc2)CCC(=O)c2[nH]nc(C(F)(F)F)c21. The van der Waals surface area contributed by atoms with Crippen LogP contribution in [-0.4, -0.2) is 21.0 Å². The molecule has 0 saturated heterocycles. The molecular weight excluding hydrogens is 285 g/mol. The number of ketones is 1. The van der Waals surface area contributed by atoms with Gasteiger partial charge in [-0.3, -0.25) is 14.9 Å². The molecule has 0 bridgehead atoms. The highest BCUT2D eigenvalue weighted by molar-refractivity contribution is 5.98. The van der Waals surface area contributed by atoms with Crippen molar-refractivity contribution < 1.29 is 18.0 Å². The zero-order chi connectivity index (χ0) is 15.3. The molecule has 0 fully saturated rings. The van der Waals surface area contributed by atoms with Crippen molar-refractivity contribution in [1.29, 1.82) is 0 Å². The van der Waals surface area contributed by atoms with E-state index in [-0.39, 0.29) is 24.1 Å². The third-order valence-electron chi connectivity index (χ3n) is 3.70. The highest BCUT2D eigenvalue weighted by Gasteiger charge is 2.48. The Morgan fingerprint density at radius 3 is 2.57 bits per heavy atom. The summed E-state index contributed by atoms with van der Waals surface area (Å²) in [6, 6.07) is 3.10. The number of halogens is 3. The van der Waals surface area contributed by atoms with Gasteiger partial charge < -0.3 is 5.73 Å². The van der Waals surface area contributed by atoms with E-state index in [2.05, 4.69) is 15.2 Å². The van der Waals surface area contributed by atoms with E-state index in [1.54, 1.807) is 12.1 Å². The second-order valence-corrected chi connectivity index (χ2v) is 4.95. The first kappa shape index (κ1) is 13.7. The van der Waals surface area contributed by atoms with Crippen LogP contribution in [0.25, 0.3) is 0 Å². The van der Waals surface area contributed by atoms with Gasteiger partial charge in [0.25, 0.3) is 0 Å². The average molecular weight is 296 g/mol. The summed E-state index contributed by atoms with van der Waals surface area (Å²) >= 11 is 0. The number of carbonyl (C=O) groups is 1. The summed E-state index contributed by atoms with van der Waals surface area (Å²) in [6.07, 6.45) is -1.63. The summed E-state index contributed by atoms with van der Waals surface area (Å²) in [5.74, 6) is -0.414. The van der Waals surface area contributed by atoms with Gasteiger partial charge in [-0.2, -0.15) is 18.3 Å².